The molecule has 0 saturated heterocycles. The predicted octanol–water partition coefficient (Wildman–Crippen LogP) is 3.08. The van der Waals surface area contributed by atoms with Crippen molar-refractivity contribution in [3.05, 3.63) is 29.1 Å². The maximum atomic E-state index is 13.5. The average molecular weight is 270 g/mol. The first kappa shape index (κ1) is 13.0. The fraction of sp³-hybridized carbons (Fsp3) is 0.385. The number of benzene rings is 1. The van der Waals surface area contributed by atoms with Gasteiger partial charge in [0.05, 0.1) is 17.0 Å². The largest absolute Gasteiger partial charge is 0.325 e. The lowest BCUT2D eigenvalue weighted by Gasteiger charge is -2.10. The summed E-state index contributed by atoms with van der Waals surface area (Å²) < 4.78 is 13.5. The van der Waals surface area contributed by atoms with Crippen LogP contribution in [0.2, 0.25) is 0 Å². The molecule has 2 rings (SSSR count). The normalized spacial score (nSPS) is 19.3. The monoisotopic (exact) mass is 269 g/mol. The van der Waals surface area contributed by atoms with Gasteiger partial charge in [-0.15, -0.1) is 11.6 Å². The first-order valence-corrected chi connectivity index (χ1v) is 6.22. The van der Waals surface area contributed by atoms with Gasteiger partial charge in [-0.05, 0) is 31.0 Å². The minimum Gasteiger partial charge on any atom is -0.325 e. The van der Waals surface area contributed by atoms with E-state index in [9.17, 15) is 14.0 Å². The third kappa shape index (κ3) is 2.01. The molecule has 1 heterocycles. The van der Waals surface area contributed by atoms with Crippen molar-refractivity contribution in [2.75, 3.05) is 5.32 Å². The maximum Gasteiger partial charge on any atom is 0.232 e. The highest BCUT2D eigenvalue weighted by Crippen LogP contribution is 2.38. The molecule has 1 aliphatic heterocycles. The molecule has 5 heteroatoms. The van der Waals surface area contributed by atoms with Gasteiger partial charge < -0.3 is 5.32 Å². The van der Waals surface area contributed by atoms with Crippen LogP contribution in [0, 0.1) is 5.82 Å². The lowest BCUT2D eigenvalue weighted by Crippen LogP contribution is -2.14. The van der Waals surface area contributed by atoms with Gasteiger partial charge >= 0.3 is 0 Å². The second kappa shape index (κ2) is 4.69. The molecule has 0 aromatic heterocycles. The smallest absolute Gasteiger partial charge is 0.232 e. The van der Waals surface area contributed by atoms with Crippen molar-refractivity contribution in [2.45, 2.75) is 31.6 Å². The topological polar surface area (TPSA) is 46.2 Å². The van der Waals surface area contributed by atoms with Crippen molar-refractivity contribution in [3.63, 3.8) is 0 Å². The summed E-state index contributed by atoms with van der Waals surface area (Å²) >= 11 is 5.74. The zero-order valence-corrected chi connectivity index (χ0v) is 10.8. The van der Waals surface area contributed by atoms with Gasteiger partial charge in [0.25, 0.3) is 0 Å². The molecule has 1 aromatic carbocycles. The Hall–Kier alpha value is -1.42. The summed E-state index contributed by atoms with van der Waals surface area (Å²) in [7, 11) is 0. The van der Waals surface area contributed by atoms with E-state index in [1.54, 1.807) is 0 Å². The summed E-state index contributed by atoms with van der Waals surface area (Å²) in [5.41, 5.74) is 1.10. The summed E-state index contributed by atoms with van der Waals surface area (Å²) in [6.07, 6.45) is 0.562. The molecule has 3 nitrogen and oxygen atoms in total. The highest BCUT2D eigenvalue weighted by atomic mass is 35.5. The van der Waals surface area contributed by atoms with Crippen LogP contribution in [0.3, 0.4) is 0 Å². The van der Waals surface area contributed by atoms with Crippen molar-refractivity contribution in [1.82, 2.24) is 0 Å². The van der Waals surface area contributed by atoms with Crippen molar-refractivity contribution < 1.29 is 14.0 Å². The summed E-state index contributed by atoms with van der Waals surface area (Å²) in [6, 6.07) is 2.43. The maximum absolute atomic E-state index is 13.5. The number of amides is 1. The van der Waals surface area contributed by atoms with E-state index in [1.165, 1.54) is 13.0 Å². The number of ketones is 1. The minimum absolute atomic E-state index is 0.150. The molecule has 18 heavy (non-hydrogen) atoms. The van der Waals surface area contributed by atoms with Crippen LogP contribution < -0.4 is 5.32 Å². The van der Waals surface area contributed by atoms with Gasteiger partial charge in [-0.3, -0.25) is 9.59 Å². The van der Waals surface area contributed by atoms with E-state index in [4.69, 9.17) is 11.6 Å². The Labute approximate surface area is 109 Å². The molecule has 0 bridgehead atoms. The molecule has 0 saturated carbocycles. The molecular weight excluding hydrogens is 257 g/mol. The zero-order chi connectivity index (χ0) is 13.4. The molecule has 0 aliphatic carbocycles. The second-order valence-electron chi connectivity index (χ2n) is 4.35. The van der Waals surface area contributed by atoms with Crippen LogP contribution in [0.1, 0.15) is 42.1 Å². The third-order valence-electron chi connectivity index (χ3n) is 3.11. The minimum atomic E-state index is -0.756. The molecule has 2 atom stereocenters. The number of carbonyl (C=O) groups excluding carboxylic acids is 2. The number of anilines is 1. The van der Waals surface area contributed by atoms with Crippen LogP contribution in [-0.4, -0.2) is 17.1 Å². The molecule has 1 N–H and O–H groups in total. The summed E-state index contributed by atoms with van der Waals surface area (Å²) in [6.45, 7) is 3.37. The Balaban J connectivity index is 2.59. The SMILES string of the molecule is CCC1C(=O)Nc2c(C(=O)C(C)Cl)cc(F)cc21. The summed E-state index contributed by atoms with van der Waals surface area (Å²) in [5.74, 6) is -1.50. The van der Waals surface area contributed by atoms with E-state index in [2.05, 4.69) is 5.32 Å². The number of alkyl halides is 1. The Bertz CT molecular complexity index is 528. The number of halogens is 2. The highest BCUT2D eigenvalue weighted by molar-refractivity contribution is 6.34. The molecule has 1 amide bonds. The summed E-state index contributed by atoms with van der Waals surface area (Å²) in [5, 5.41) is 1.89. The molecule has 2 unspecified atom stereocenters. The van der Waals surface area contributed by atoms with Crippen molar-refractivity contribution in [1.29, 1.82) is 0 Å². The average Bonchev–Trinajstić information content (AvgIpc) is 2.62. The number of hydrogen-bond acceptors (Lipinski definition) is 2. The Kier molecular flexibility index (Phi) is 3.39. The van der Waals surface area contributed by atoms with E-state index in [0.29, 0.717) is 17.7 Å². The van der Waals surface area contributed by atoms with Crippen LogP contribution in [0.15, 0.2) is 12.1 Å². The fourth-order valence-electron chi connectivity index (χ4n) is 2.21. The van der Waals surface area contributed by atoms with Gasteiger partial charge in [0, 0.05) is 5.56 Å². The zero-order valence-electron chi connectivity index (χ0n) is 10.1. The molecule has 1 aliphatic rings. The van der Waals surface area contributed by atoms with Gasteiger partial charge in [0.2, 0.25) is 5.91 Å². The van der Waals surface area contributed by atoms with Crippen LogP contribution in [0.25, 0.3) is 0 Å². The number of Topliss-reactive ketones (excluding diaryl/α,β-unsaturated/α-hetero) is 1. The van der Waals surface area contributed by atoms with Gasteiger partial charge in [0.15, 0.2) is 5.78 Å². The van der Waals surface area contributed by atoms with Crippen LogP contribution in [0.4, 0.5) is 10.1 Å². The molecule has 0 fully saturated rings. The molecular formula is C13H13ClFNO2. The van der Waals surface area contributed by atoms with Crippen LogP contribution in [0.5, 0.6) is 0 Å². The van der Waals surface area contributed by atoms with Crippen molar-refractivity contribution in [3.8, 4) is 0 Å². The van der Waals surface area contributed by atoms with Crippen molar-refractivity contribution >= 4 is 29.0 Å². The standard InChI is InChI=1S/C13H13ClFNO2/c1-3-8-9-4-7(15)5-10(12(17)6(2)14)11(9)16-13(8)18/h4-6,8H,3H2,1-2H3,(H,16,18). The molecule has 0 radical (unpaired) electrons. The first-order valence-electron chi connectivity index (χ1n) is 5.78. The molecule has 1 aromatic rings. The van der Waals surface area contributed by atoms with Gasteiger partial charge in [-0.2, -0.15) is 0 Å². The van der Waals surface area contributed by atoms with E-state index < -0.39 is 17.1 Å². The van der Waals surface area contributed by atoms with E-state index >= 15 is 0 Å². The quantitative estimate of drug-likeness (QED) is 0.677. The Morgan fingerprint density at radius 3 is 2.78 bits per heavy atom. The molecule has 96 valence electrons. The number of carbonyl (C=O) groups is 2. The van der Waals surface area contributed by atoms with Gasteiger partial charge in [-0.25, -0.2) is 4.39 Å². The second-order valence-corrected chi connectivity index (χ2v) is 5.00. The summed E-state index contributed by atoms with van der Waals surface area (Å²) in [4.78, 5) is 23.6. The number of fused-ring (bicyclic) bond motifs is 1. The van der Waals surface area contributed by atoms with Gasteiger partial charge in [0.1, 0.15) is 5.82 Å². The third-order valence-corrected chi connectivity index (χ3v) is 3.31. The fourth-order valence-corrected chi connectivity index (χ4v) is 2.33. The Morgan fingerprint density at radius 2 is 2.22 bits per heavy atom. The number of nitrogens with one attached hydrogen (secondary N) is 1. The first-order chi connectivity index (χ1) is 8.45. The van der Waals surface area contributed by atoms with Crippen LogP contribution in [-0.2, 0) is 4.79 Å². The van der Waals surface area contributed by atoms with E-state index in [1.807, 2.05) is 6.92 Å². The number of hydrogen-bond donors (Lipinski definition) is 1. The van der Waals surface area contributed by atoms with Crippen LogP contribution >= 0.6 is 11.6 Å². The van der Waals surface area contributed by atoms with Crippen molar-refractivity contribution in [2.24, 2.45) is 0 Å². The highest BCUT2D eigenvalue weighted by Gasteiger charge is 2.33. The predicted molar refractivity (Wildman–Crippen MR) is 67.7 cm³/mol. The lowest BCUT2D eigenvalue weighted by molar-refractivity contribution is -0.117. The number of rotatable bonds is 3. The van der Waals surface area contributed by atoms with E-state index in [-0.39, 0.29) is 17.3 Å². The lowest BCUT2D eigenvalue weighted by atomic mass is 9.94. The Morgan fingerprint density at radius 1 is 1.56 bits per heavy atom. The van der Waals surface area contributed by atoms with Gasteiger partial charge in [-0.1, -0.05) is 6.92 Å². The molecule has 0 spiro atoms. The van der Waals surface area contributed by atoms with E-state index in [0.717, 1.165) is 6.07 Å².